The molecule has 0 radical (unpaired) electrons. The van der Waals surface area contributed by atoms with Gasteiger partial charge < -0.3 is 15.5 Å². The lowest BCUT2D eigenvalue weighted by atomic mass is 9.95. The molecule has 2 amide bonds. The maximum atomic E-state index is 12.7. The number of carbonyl (C=O) groups excluding carboxylic acids is 1. The predicted molar refractivity (Wildman–Crippen MR) is 73.5 cm³/mol. The average molecular weight is 253 g/mol. The summed E-state index contributed by atoms with van der Waals surface area (Å²) in [6.45, 7) is 5.47. The smallest absolute Gasteiger partial charge is 0.320 e. The van der Waals surface area contributed by atoms with Crippen molar-refractivity contribution < 1.29 is 4.79 Å². The summed E-state index contributed by atoms with van der Waals surface area (Å²) in [7, 11) is 0. The van der Waals surface area contributed by atoms with Crippen LogP contribution in [0.1, 0.15) is 51.9 Å². The van der Waals surface area contributed by atoms with Gasteiger partial charge in [0, 0.05) is 26.2 Å². The summed E-state index contributed by atoms with van der Waals surface area (Å²) < 4.78 is 0. The Kier molecular flexibility index (Phi) is 4.49. The summed E-state index contributed by atoms with van der Waals surface area (Å²) >= 11 is 0. The topological polar surface area (TPSA) is 49.6 Å². The Morgan fingerprint density at radius 1 is 1.22 bits per heavy atom. The van der Waals surface area contributed by atoms with Crippen molar-refractivity contribution in [1.29, 1.82) is 0 Å². The van der Waals surface area contributed by atoms with E-state index < -0.39 is 0 Å². The van der Waals surface area contributed by atoms with Crippen LogP contribution in [0.5, 0.6) is 0 Å². The largest absolute Gasteiger partial charge is 0.328 e. The monoisotopic (exact) mass is 253 g/mol. The third-order valence-electron chi connectivity index (χ3n) is 4.54. The molecule has 0 bridgehead atoms. The number of hydrogen-bond acceptors (Lipinski definition) is 2. The summed E-state index contributed by atoms with van der Waals surface area (Å²) in [6, 6.07) is 0.238. The van der Waals surface area contributed by atoms with E-state index in [1.807, 2.05) is 4.90 Å². The Hall–Kier alpha value is -0.770. The zero-order valence-electron chi connectivity index (χ0n) is 11.7. The molecule has 2 N–H and O–H groups in total. The van der Waals surface area contributed by atoms with Crippen molar-refractivity contribution >= 4 is 6.03 Å². The van der Waals surface area contributed by atoms with Crippen molar-refractivity contribution in [2.45, 2.75) is 57.4 Å². The molecular formula is C14H27N3O. The number of nitrogens with two attached hydrogens (primary N) is 1. The highest BCUT2D eigenvalue weighted by atomic mass is 16.2. The van der Waals surface area contributed by atoms with Gasteiger partial charge in [-0.1, -0.05) is 19.8 Å². The van der Waals surface area contributed by atoms with E-state index in [-0.39, 0.29) is 11.6 Å². The second-order valence-corrected chi connectivity index (χ2v) is 5.76. The fraction of sp³-hybridized carbons (Fsp3) is 0.929. The molecule has 0 unspecified atom stereocenters. The zero-order valence-corrected chi connectivity index (χ0v) is 11.7. The van der Waals surface area contributed by atoms with Crippen LogP contribution in [0.15, 0.2) is 0 Å². The summed E-state index contributed by atoms with van der Waals surface area (Å²) in [5, 5.41) is 0. The van der Waals surface area contributed by atoms with Crippen LogP contribution in [0.25, 0.3) is 0 Å². The first kappa shape index (κ1) is 13.7. The first-order valence-electron chi connectivity index (χ1n) is 7.50. The molecule has 0 aromatic rings. The van der Waals surface area contributed by atoms with E-state index in [1.54, 1.807) is 0 Å². The predicted octanol–water partition coefficient (Wildman–Crippen LogP) is 2.19. The number of amides is 2. The summed E-state index contributed by atoms with van der Waals surface area (Å²) in [6.07, 6.45) is 7.92. The number of carbonyl (C=O) groups is 1. The van der Waals surface area contributed by atoms with Crippen molar-refractivity contribution in [3.05, 3.63) is 0 Å². The molecule has 0 aromatic heterocycles. The minimum Gasteiger partial charge on any atom is -0.328 e. The third-order valence-corrected chi connectivity index (χ3v) is 4.54. The normalized spacial score (nSPS) is 22.4. The lowest BCUT2D eigenvalue weighted by Crippen LogP contribution is -2.58. The van der Waals surface area contributed by atoms with E-state index in [1.165, 1.54) is 12.8 Å². The van der Waals surface area contributed by atoms with Gasteiger partial charge in [-0.2, -0.15) is 0 Å². The summed E-state index contributed by atoms with van der Waals surface area (Å²) in [5.74, 6) is 0. The molecule has 18 heavy (non-hydrogen) atoms. The lowest BCUT2D eigenvalue weighted by molar-refractivity contribution is 0.0949. The molecular weight excluding hydrogens is 226 g/mol. The van der Waals surface area contributed by atoms with Crippen LogP contribution >= 0.6 is 0 Å². The quantitative estimate of drug-likeness (QED) is 0.835. The van der Waals surface area contributed by atoms with Crippen LogP contribution in [0.4, 0.5) is 4.79 Å². The van der Waals surface area contributed by atoms with Crippen LogP contribution in [-0.2, 0) is 0 Å². The molecule has 2 aliphatic rings. The second kappa shape index (κ2) is 5.91. The van der Waals surface area contributed by atoms with Gasteiger partial charge in [0.05, 0.1) is 5.54 Å². The van der Waals surface area contributed by atoms with Gasteiger partial charge in [0.2, 0.25) is 0 Å². The van der Waals surface area contributed by atoms with Gasteiger partial charge in [-0.15, -0.1) is 0 Å². The van der Waals surface area contributed by atoms with Gasteiger partial charge in [0.25, 0.3) is 0 Å². The van der Waals surface area contributed by atoms with Gasteiger partial charge in [-0.25, -0.2) is 4.79 Å². The van der Waals surface area contributed by atoms with E-state index in [4.69, 9.17) is 5.73 Å². The molecule has 2 fully saturated rings. The van der Waals surface area contributed by atoms with Gasteiger partial charge in [0.15, 0.2) is 0 Å². The Morgan fingerprint density at radius 2 is 1.83 bits per heavy atom. The van der Waals surface area contributed by atoms with Gasteiger partial charge >= 0.3 is 6.03 Å². The fourth-order valence-electron chi connectivity index (χ4n) is 3.46. The van der Waals surface area contributed by atoms with Gasteiger partial charge in [-0.3, -0.25) is 0 Å². The molecule has 1 aliphatic carbocycles. The van der Waals surface area contributed by atoms with Crippen molar-refractivity contribution in [3.8, 4) is 0 Å². The number of urea groups is 1. The highest BCUT2D eigenvalue weighted by Gasteiger charge is 2.42. The Morgan fingerprint density at radius 3 is 2.33 bits per heavy atom. The van der Waals surface area contributed by atoms with Crippen molar-refractivity contribution in [1.82, 2.24) is 9.80 Å². The zero-order chi connectivity index (χ0) is 13.0. The Balaban J connectivity index is 2.12. The van der Waals surface area contributed by atoms with Crippen LogP contribution in [0.2, 0.25) is 0 Å². The molecule has 104 valence electrons. The number of rotatable bonds is 4. The average Bonchev–Trinajstić information content (AvgIpc) is 3.06. The molecule has 1 saturated carbocycles. The molecule has 1 aliphatic heterocycles. The first-order chi connectivity index (χ1) is 8.73. The lowest BCUT2D eigenvalue weighted by Gasteiger charge is -2.42. The van der Waals surface area contributed by atoms with Crippen molar-refractivity contribution in [2.75, 3.05) is 26.2 Å². The van der Waals surface area contributed by atoms with E-state index >= 15 is 0 Å². The molecule has 0 spiro atoms. The molecule has 0 aromatic carbocycles. The van der Waals surface area contributed by atoms with E-state index in [0.717, 1.165) is 51.7 Å². The number of likely N-dealkylation sites (tertiary alicyclic amines) is 1. The number of nitrogens with zero attached hydrogens (tertiary/aromatic N) is 2. The molecule has 2 rings (SSSR count). The second-order valence-electron chi connectivity index (χ2n) is 5.76. The van der Waals surface area contributed by atoms with E-state index in [2.05, 4.69) is 11.8 Å². The van der Waals surface area contributed by atoms with Crippen LogP contribution in [0.3, 0.4) is 0 Å². The highest BCUT2D eigenvalue weighted by molar-refractivity contribution is 5.75. The molecule has 4 nitrogen and oxygen atoms in total. The minimum absolute atomic E-state index is 0.0459. The maximum absolute atomic E-state index is 12.7. The minimum atomic E-state index is -0.0459. The SMILES string of the molecule is CCCN(C(=O)N1CCCC1)C1(CN)CCCC1. The van der Waals surface area contributed by atoms with Gasteiger partial charge in [0.1, 0.15) is 0 Å². The van der Waals surface area contributed by atoms with E-state index in [9.17, 15) is 4.79 Å². The fourth-order valence-corrected chi connectivity index (χ4v) is 3.46. The number of hydrogen-bond donors (Lipinski definition) is 1. The standard InChI is InChI=1S/C14H27N3O/c1-2-9-17(13(18)16-10-5-6-11-16)14(12-15)7-3-4-8-14/h2-12,15H2,1H3. The first-order valence-corrected chi connectivity index (χ1v) is 7.50. The van der Waals surface area contributed by atoms with Crippen LogP contribution < -0.4 is 5.73 Å². The Labute approximate surface area is 110 Å². The molecule has 1 saturated heterocycles. The molecule has 0 atom stereocenters. The maximum Gasteiger partial charge on any atom is 0.320 e. The third kappa shape index (κ3) is 2.48. The Bertz CT molecular complexity index is 281. The summed E-state index contributed by atoms with van der Waals surface area (Å²) in [4.78, 5) is 16.8. The van der Waals surface area contributed by atoms with Crippen molar-refractivity contribution in [2.24, 2.45) is 5.73 Å². The van der Waals surface area contributed by atoms with Crippen LogP contribution in [0, 0.1) is 0 Å². The molecule has 4 heteroatoms. The van der Waals surface area contributed by atoms with Gasteiger partial charge in [-0.05, 0) is 32.1 Å². The molecule has 1 heterocycles. The van der Waals surface area contributed by atoms with E-state index in [0.29, 0.717) is 6.54 Å². The summed E-state index contributed by atoms with van der Waals surface area (Å²) in [5.41, 5.74) is 5.98. The van der Waals surface area contributed by atoms with Crippen molar-refractivity contribution in [3.63, 3.8) is 0 Å². The highest BCUT2D eigenvalue weighted by Crippen LogP contribution is 2.35. The van der Waals surface area contributed by atoms with Crippen LogP contribution in [-0.4, -0.2) is 47.5 Å².